The highest BCUT2D eigenvalue weighted by molar-refractivity contribution is 5.98. The van der Waals surface area contributed by atoms with Crippen molar-refractivity contribution in [3.8, 4) is 0 Å². The van der Waals surface area contributed by atoms with Gasteiger partial charge in [-0.1, -0.05) is 20.8 Å². The molecule has 19 heavy (non-hydrogen) atoms. The van der Waals surface area contributed by atoms with Crippen molar-refractivity contribution in [2.75, 3.05) is 18.9 Å². The van der Waals surface area contributed by atoms with E-state index in [4.69, 9.17) is 5.73 Å². The number of amides is 1. The number of H-pyrrole nitrogens is 1. The lowest BCUT2D eigenvalue weighted by molar-refractivity contribution is 0.0649. The molecule has 0 fully saturated rings. The Labute approximate surface area is 112 Å². The van der Waals surface area contributed by atoms with Crippen LogP contribution in [0.15, 0.2) is 0 Å². The summed E-state index contributed by atoms with van der Waals surface area (Å²) in [4.78, 5) is 12.1. The first kappa shape index (κ1) is 15.5. The number of aromatic nitrogens is 2. The zero-order chi connectivity index (χ0) is 14.6. The molecule has 0 spiro atoms. The smallest absolute Gasteiger partial charge is 0.274 e. The first-order valence-electron chi connectivity index (χ1n) is 6.28. The lowest BCUT2D eigenvalue weighted by Crippen LogP contribution is -2.54. The molecule has 7 heteroatoms. The highest BCUT2D eigenvalue weighted by Gasteiger charge is 2.31. The van der Waals surface area contributed by atoms with Crippen LogP contribution in [-0.4, -0.2) is 45.1 Å². The lowest BCUT2D eigenvalue weighted by atomic mass is 9.98. The fraction of sp³-hybridized carbons (Fsp3) is 0.667. The first-order chi connectivity index (χ1) is 8.90. The maximum absolute atomic E-state index is 12.1. The molecule has 0 saturated heterocycles. The number of hydrogen-bond donors (Lipinski definition) is 5. The second-order valence-corrected chi connectivity index (χ2v) is 4.96. The number of nitrogens with two attached hydrogens (primary N) is 1. The van der Waals surface area contributed by atoms with E-state index in [2.05, 4.69) is 15.5 Å². The molecule has 0 saturated carbocycles. The normalized spacial score (nSPS) is 11.9. The van der Waals surface area contributed by atoms with Crippen molar-refractivity contribution >= 4 is 11.6 Å². The van der Waals surface area contributed by atoms with Gasteiger partial charge in [0.05, 0.1) is 30.1 Å². The molecule has 0 aromatic carbocycles. The monoisotopic (exact) mass is 270 g/mol. The number of aliphatic hydroxyl groups is 2. The topological polar surface area (TPSA) is 124 Å². The third-order valence-electron chi connectivity index (χ3n) is 3.29. The number of anilines is 1. The van der Waals surface area contributed by atoms with Crippen molar-refractivity contribution in [2.45, 2.75) is 38.6 Å². The van der Waals surface area contributed by atoms with Gasteiger partial charge in [-0.2, -0.15) is 5.10 Å². The number of nitrogens with zero attached hydrogens (tertiary/aromatic N) is 1. The van der Waals surface area contributed by atoms with Crippen molar-refractivity contribution in [3.05, 3.63) is 11.4 Å². The van der Waals surface area contributed by atoms with Crippen molar-refractivity contribution in [1.82, 2.24) is 15.5 Å². The maximum atomic E-state index is 12.1. The molecular formula is C12H22N4O3. The molecule has 0 aliphatic carbocycles. The summed E-state index contributed by atoms with van der Waals surface area (Å²) in [5, 5.41) is 27.8. The predicted octanol–water partition coefficient (Wildman–Crippen LogP) is -0.0215. The molecule has 1 aromatic rings. The average molecular weight is 270 g/mol. The van der Waals surface area contributed by atoms with E-state index < -0.39 is 11.4 Å². The van der Waals surface area contributed by atoms with E-state index >= 15 is 0 Å². The third-order valence-corrected chi connectivity index (χ3v) is 3.29. The van der Waals surface area contributed by atoms with Gasteiger partial charge >= 0.3 is 0 Å². The Hall–Kier alpha value is -1.60. The minimum absolute atomic E-state index is 0.0865. The highest BCUT2D eigenvalue weighted by Crippen LogP contribution is 2.22. The fourth-order valence-corrected chi connectivity index (χ4v) is 1.72. The average Bonchev–Trinajstić information content (AvgIpc) is 2.78. The molecule has 1 rings (SSSR count). The molecule has 1 aromatic heterocycles. The molecule has 0 aliphatic rings. The van der Waals surface area contributed by atoms with E-state index in [0.29, 0.717) is 17.8 Å². The van der Waals surface area contributed by atoms with Gasteiger partial charge in [-0.25, -0.2) is 0 Å². The van der Waals surface area contributed by atoms with Gasteiger partial charge in [-0.3, -0.25) is 9.89 Å². The van der Waals surface area contributed by atoms with Crippen LogP contribution in [-0.2, 0) is 0 Å². The zero-order valence-corrected chi connectivity index (χ0v) is 11.5. The largest absolute Gasteiger partial charge is 0.395 e. The Morgan fingerprint density at radius 2 is 2.05 bits per heavy atom. The summed E-state index contributed by atoms with van der Waals surface area (Å²) in [5.41, 5.74) is 5.89. The van der Waals surface area contributed by atoms with Crippen molar-refractivity contribution in [2.24, 2.45) is 0 Å². The number of hydrogen-bond acceptors (Lipinski definition) is 5. The van der Waals surface area contributed by atoms with E-state index in [9.17, 15) is 15.0 Å². The fourth-order valence-electron chi connectivity index (χ4n) is 1.72. The van der Waals surface area contributed by atoms with Crippen LogP contribution < -0.4 is 11.1 Å². The van der Waals surface area contributed by atoms with Gasteiger partial charge in [0.1, 0.15) is 0 Å². The Morgan fingerprint density at radius 3 is 2.42 bits per heavy atom. The summed E-state index contributed by atoms with van der Waals surface area (Å²) in [6.07, 6.45) is 0.396. The standard InChI is InChI=1S/C12H22N4O3/c1-4-12(5-17,6-18)14-11(19)10-8(13)9(7(2)3)15-16-10/h7,17-18H,4-6,13H2,1-3H3,(H,14,19)(H,15,16). The van der Waals surface area contributed by atoms with Crippen molar-refractivity contribution in [3.63, 3.8) is 0 Å². The molecule has 1 amide bonds. The van der Waals surface area contributed by atoms with E-state index in [1.54, 1.807) is 6.92 Å². The van der Waals surface area contributed by atoms with Gasteiger partial charge in [0.15, 0.2) is 5.69 Å². The number of aromatic amines is 1. The van der Waals surface area contributed by atoms with Crippen LogP contribution in [0.4, 0.5) is 5.69 Å². The number of aliphatic hydroxyl groups excluding tert-OH is 2. The summed E-state index contributed by atoms with van der Waals surface area (Å²) in [6.45, 7) is 4.92. The summed E-state index contributed by atoms with van der Waals surface area (Å²) >= 11 is 0. The van der Waals surface area contributed by atoms with Gasteiger partial charge in [0.2, 0.25) is 0 Å². The summed E-state index contributed by atoms with van der Waals surface area (Å²) in [7, 11) is 0. The third kappa shape index (κ3) is 3.05. The number of carbonyl (C=O) groups excluding carboxylic acids is 1. The minimum atomic E-state index is -1.06. The lowest BCUT2D eigenvalue weighted by Gasteiger charge is -2.29. The molecule has 0 atom stereocenters. The van der Waals surface area contributed by atoms with E-state index in [1.165, 1.54) is 0 Å². The van der Waals surface area contributed by atoms with Gasteiger partial charge in [0, 0.05) is 0 Å². The van der Waals surface area contributed by atoms with E-state index in [0.717, 1.165) is 0 Å². The van der Waals surface area contributed by atoms with Crippen LogP contribution in [0.25, 0.3) is 0 Å². The molecule has 0 radical (unpaired) electrons. The molecule has 0 unspecified atom stereocenters. The van der Waals surface area contributed by atoms with Crippen LogP contribution in [0, 0.1) is 0 Å². The highest BCUT2D eigenvalue weighted by atomic mass is 16.3. The molecule has 6 N–H and O–H groups in total. The van der Waals surface area contributed by atoms with Crippen LogP contribution in [0.5, 0.6) is 0 Å². The van der Waals surface area contributed by atoms with Crippen molar-refractivity contribution < 1.29 is 15.0 Å². The van der Waals surface area contributed by atoms with Gasteiger partial charge in [-0.05, 0) is 12.3 Å². The van der Waals surface area contributed by atoms with Crippen molar-refractivity contribution in [1.29, 1.82) is 0 Å². The molecular weight excluding hydrogens is 248 g/mol. The maximum Gasteiger partial charge on any atom is 0.274 e. The first-order valence-corrected chi connectivity index (χ1v) is 6.28. The van der Waals surface area contributed by atoms with Crippen LogP contribution in [0.1, 0.15) is 49.3 Å². The van der Waals surface area contributed by atoms with Gasteiger partial charge in [0.25, 0.3) is 5.91 Å². The SMILES string of the molecule is CCC(CO)(CO)NC(=O)c1n[nH]c(C(C)C)c1N. The molecule has 0 aliphatic heterocycles. The summed E-state index contributed by atoms with van der Waals surface area (Å²) in [6, 6.07) is 0. The zero-order valence-electron chi connectivity index (χ0n) is 11.5. The Balaban J connectivity index is 2.95. The second kappa shape index (κ2) is 6.03. The number of carbonyl (C=O) groups is 1. The second-order valence-electron chi connectivity index (χ2n) is 4.96. The number of nitrogens with one attached hydrogen (secondary N) is 2. The van der Waals surface area contributed by atoms with E-state index in [-0.39, 0.29) is 24.8 Å². The molecule has 7 nitrogen and oxygen atoms in total. The Kier molecular flexibility index (Phi) is 4.90. The molecule has 1 heterocycles. The summed E-state index contributed by atoms with van der Waals surface area (Å²) in [5.74, 6) is -0.383. The Bertz CT molecular complexity index is 430. The number of rotatable bonds is 6. The quantitative estimate of drug-likeness (QED) is 0.497. The predicted molar refractivity (Wildman–Crippen MR) is 71.7 cm³/mol. The van der Waals surface area contributed by atoms with Crippen LogP contribution >= 0.6 is 0 Å². The van der Waals surface area contributed by atoms with E-state index in [1.807, 2.05) is 13.8 Å². The van der Waals surface area contributed by atoms with Crippen LogP contribution in [0.3, 0.4) is 0 Å². The van der Waals surface area contributed by atoms with Gasteiger partial charge in [-0.15, -0.1) is 0 Å². The minimum Gasteiger partial charge on any atom is -0.395 e. The molecule has 108 valence electrons. The number of nitrogen functional groups attached to an aromatic ring is 1. The Morgan fingerprint density at radius 1 is 1.47 bits per heavy atom. The molecule has 0 bridgehead atoms. The van der Waals surface area contributed by atoms with Gasteiger partial charge < -0.3 is 21.3 Å². The summed E-state index contributed by atoms with van der Waals surface area (Å²) < 4.78 is 0. The van der Waals surface area contributed by atoms with Crippen LogP contribution in [0.2, 0.25) is 0 Å².